The van der Waals surface area contributed by atoms with Gasteiger partial charge >= 0.3 is 6.61 Å². The largest absolute Gasteiger partial charge is 0.435 e. The highest BCUT2D eigenvalue weighted by atomic mass is 19.3. The number of amides is 1. The Bertz CT molecular complexity index is 616. The molecule has 1 aromatic heterocycles. The number of rotatable bonds is 5. The van der Waals surface area contributed by atoms with Crippen molar-refractivity contribution in [3.05, 3.63) is 59.9 Å². The molecule has 7 heteroatoms. The van der Waals surface area contributed by atoms with Crippen molar-refractivity contribution in [1.82, 2.24) is 10.4 Å². The zero-order chi connectivity index (χ0) is 15.1. The van der Waals surface area contributed by atoms with Gasteiger partial charge in [-0.05, 0) is 42.0 Å². The molecule has 0 bridgehead atoms. The molecule has 0 aliphatic carbocycles. The first-order valence-electron chi connectivity index (χ1n) is 5.93. The predicted molar refractivity (Wildman–Crippen MR) is 72.4 cm³/mol. The molecule has 1 N–H and O–H groups in total. The Morgan fingerprint density at radius 2 is 2.05 bits per heavy atom. The van der Waals surface area contributed by atoms with Crippen LogP contribution >= 0.6 is 0 Å². The van der Waals surface area contributed by atoms with Crippen LogP contribution in [0.4, 0.5) is 8.78 Å². The standard InChI is InChI=1S/C14H11F2N3O2/c15-14(16)21-12-5-3-10(4-6-12)8-18-19-13(20)11-2-1-7-17-9-11/h1-9,14H,(H,19,20)/b18-8-. The maximum absolute atomic E-state index is 12.0. The van der Waals surface area contributed by atoms with Crippen molar-refractivity contribution in [3.63, 3.8) is 0 Å². The SMILES string of the molecule is O=C(N/N=C\c1ccc(OC(F)F)cc1)c1cccnc1. The quantitative estimate of drug-likeness (QED) is 0.680. The second-order valence-electron chi connectivity index (χ2n) is 3.89. The van der Waals surface area contributed by atoms with Crippen LogP contribution in [0.1, 0.15) is 15.9 Å². The Morgan fingerprint density at radius 1 is 1.29 bits per heavy atom. The molecular weight excluding hydrogens is 280 g/mol. The minimum Gasteiger partial charge on any atom is -0.435 e. The summed E-state index contributed by atoms with van der Waals surface area (Å²) in [6.45, 7) is -2.86. The summed E-state index contributed by atoms with van der Waals surface area (Å²) < 4.78 is 28.2. The molecule has 1 amide bonds. The first-order chi connectivity index (χ1) is 10.1. The van der Waals surface area contributed by atoms with Gasteiger partial charge in [-0.2, -0.15) is 13.9 Å². The third kappa shape index (κ3) is 4.64. The number of halogens is 2. The normalized spacial score (nSPS) is 10.8. The Morgan fingerprint density at radius 3 is 2.67 bits per heavy atom. The summed E-state index contributed by atoms with van der Waals surface area (Å²) in [7, 11) is 0. The molecule has 2 rings (SSSR count). The molecule has 1 aromatic carbocycles. The van der Waals surface area contributed by atoms with Crippen LogP contribution in [0.3, 0.4) is 0 Å². The van der Waals surface area contributed by atoms with Gasteiger partial charge in [0.15, 0.2) is 0 Å². The number of ether oxygens (including phenoxy) is 1. The molecule has 5 nitrogen and oxygen atoms in total. The number of benzene rings is 1. The van der Waals surface area contributed by atoms with Crippen molar-refractivity contribution in [1.29, 1.82) is 0 Å². The minimum atomic E-state index is -2.86. The smallest absolute Gasteiger partial charge is 0.387 e. The van der Waals surface area contributed by atoms with E-state index in [1.165, 1.54) is 36.7 Å². The van der Waals surface area contributed by atoms with E-state index >= 15 is 0 Å². The summed E-state index contributed by atoms with van der Waals surface area (Å²) in [6, 6.07) is 9.09. The fraction of sp³-hybridized carbons (Fsp3) is 0.0714. The molecular formula is C14H11F2N3O2. The number of nitrogens with one attached hydrogen (secondary N) is 1. The third-order valence-electron chi connectivity index (χ3n) is 2.41. The van der Waals surface area contributed by atoms with Crippen LogP contribution in [0.25, 0.3) is 0 Å². The van der Waals surface area contributed by atoms with E-state index in [2.05, 4.69) is 20.2 Å². The molecule has 0 unspecified atom stereocenters. The lowest BCUT2D eigenvalue weighted by Gasteiger charge is -2.03. The first kappa shape index (κ1) is 14.6. The molecule has 0 fully saturated rings. The average Bonchev–Trinajstić information content (AvgIpc) is 2.49. The van der Waals surface area contributed by atoms with E-state index in [1.807, 2.05) is 0 Å². The molecule has 0 saturated heterocycles. The topological polar surface area (TPSA) is 63.6 Å². The van der Waals surface area contributed by atoms with Crippen LogP contribution in [0, 0.1) is 0 Å². The number of pyridine rings is 1. The van der Waals surface area contributed by atoms with Crippen LogP contribution < -0.4 is 10.2 Å². The lowest BCUT2D eigenvalue weighted by Crippen LogP contribution is -2.17. The minimum absolute atomic E-state index is 0.0570. The van der Waals surface area contributed by atoms with Crippen LogP contribution in [0.2, 0.25) is 0 Å². The fourth-order valence-corrected chi connectivity index (χ4v) is 1.46. The van der Waals surface area contributed by atoms with E-state index < -0.39 is 12.5 Å². The van der Waals surface area contributed by atoms with Crippen molar-refractivity contribution < 1.29 is 18.3 Å². The summed E-state index contributed by atoms with van der Waals surface area (Å²) >= 11 is 0. The molecule has 2 aromatic rings. The molecule has 21 heavy (non-hydrogen) atoms. The van der Waals surface area contributed by atoms with Gasteiger partial charge in [0.05, 0.1) is 11.8 Å². The third-order valence-corrected chi connectivity index (χ3v) is 2.41. The van der Waals surface area contributed by atoms with E-state index in [0.717, 1.165) is 0 Å². The van der Waals surface area contributed by atoms with Crippen molar-refractivity contribution >= 4 is 12.1 Å². The van der Waals surface area contributed by atoms with Gasteiger partial charge in [0.25, 0.3) is 5.91 Å². The molecule has 0 spiro atoms. The number of carbonyl (C=O) groups is 1. The van der Waals surface area contributed by atoms with Crippen LogP contribution in [0.5, 0.6) is 5.75 Å². The van der Waals surface area contributed by atoms with Gasteiger partial charge in [0.2, 0.25) is 0 Å². The van der Waals surface area contributed by atoms with E-state index in [-0.39, 0.29) is 5.75 Å². The highest BCUT2D eigenvalue weighted by Crippen LogP contribution is 2.13. The van der Waals surface area contributed by atoms with E-state index in [0.29, 0.717) is 11.1 Å². The van der Waals surface area contributed by atoms with Crippen LogP contribution in [0.15, 0.2) is 53.9 Å². The molecule has 0 aliphatic heterocycles. The molecule has 1 heterocycles. The monoisotopic (exact) mass is 291 g/mol. The van der Waals surface area contributed by atoms with Crippen LogP contribution in [-0.4, -0.2) is 23.7 Å². The Balaban J connectivity index is 1.91. The molecule has 0 saturated carbocycles. The number of hydrogen-bond acceptors (Lipinski definition) is 4. The Hall–Kier alpha value is -2.83. The number of nitrogens with zero attached hydrogens (tertiary/aromatic N) is 2. The highest BCUT2D eigenvalue weighted by Gasteiger charge is 2.04. The second-order valence-corrected chi connectivity index (χ2v) is 3.89. The Labute approximate surface area is 119 Å². The maximum Gasteiger partial charge on any atom is 0.387 e. The zero-order valence-electron chi connectivity index (χ0n) is 10.7. The Kier molecular flexibility index (Phi) is 4.92. The number of aromatic nitrogens is 1. The van der Waals surface area contributed by atoms with E-state index in [4.69, 9.17) is 0 Å². The summed E-state index contributed by atoms with van der Waals surface area (Å²) in [5.74, 6) is -0.335. The molecule has 0 atom stereocenters. The van der Waals surface area contributed by atoms with Crippen molar-refractivity contribution in [3.8, 4) is 5.75 Å². The number of alkyl halides is 2. The first-order valence-corrected chi connectivity index (χ1v) is 5.93. The van der Waals surface area contributed by atoms with E-state index in [9.17, 15) is 13.6 Å². The number of hydrogen-bond donors (Lipinski definition) is 1. The molecule has 0 aliphatic rings. The lowest BCUT2D eigenvalue weighted by atomic mass is 10.2. The van der Waals surface area contributed by atoms with Gasteiger partial charge < -0.3 is 4.74 Å². The zero-order valence-corrected chi connectivity index (χ0v) is 10.7. The maximum atomic E-state index is 12.0. The van der Waals surface area contributed by atoms with Gasteiger partial charge in [-0.15, -0.1) is 0 Å². The summed E-state index contributed by atoms with van der Waals surface area (Å²) in [6.07, 6.45) is 4.37. The lowest BCUT2D eigenvalue weighted by molar-refractivity contribution is -0.0498. The van der Waals surface area contributed by atoms with Crippen molar-refractivity contribution in [2.75, 3.05) is 0 Å². The summed E-state index contributed by atoms with van der Waals surface area (Å²) in [5, 5.41) is 3.77. The number of hydrazone groups is 1. The van der Waals surface area contributed by atoms with Crippen molar-refractivity contribution in [2.24, 2.45) is 5.10 Å². The molecule has 0 radical (unpaired) electrons. The average molecular weight is 291 g/mol. The van der Waals surface area contributed by atoms with Gasteiger partial charge in [-0.1, -0.05) is 0 Å². The van der Waals surface area contributed by atoms with E-state index in [1.54, 1.807) is 18.3 Å². The van der Waals surface area contributed by atoms with Gasteiger partial charge in [-0.3, -0.25) is 9.78 Å². The molecule has 108 valence electrons. The van der Waals surface area contributed by atoms with Gasteiger partial charge in [-0.25, -0.2) is 5.43 Å². The predicted octanol–water partition coefficient (Wildman–Crippen LogP) is 2.45. The highest BCUT2D eigenvalue weighted by molar-refractivity contribution is 5.94. The number of carbonyl (C=O) groups excluding carboxylic acids is 1. The fourth-order valence-electron chi connectivity index (χ4n) is 1.46. The second kappa shape index (κ2) is 7.09. The van der Waals surface area contributed by atoms with Crippen molar-refractivity contribution in [2.45, 2.75) is 6.61 Å². The summed E-state index contributed by atoms with van der Waals surface area (Å²) in [4.78, 5) is 15.5. The van der Waals surface area contributed by atoms with Crippen LogP contribution in [-0.2, 0) is 0 Å². The van der Waals surface area contributed by atoms with Gasteiger partial charge in [0, 0.05) is 12.4 Å². The van der Waals surface area contributed by atoms with Gasteiger partial charge in [0.1, 0.15) is 5.75 Å². The summed E-state index contributed by atoms with van der Waals surface area (Å²) in [5.41, 5.74) is 3.35.